The molecule has 1 saturated heterocycles. The van der Waals surface area contributed by atoms with E-state index in [1.807, 2.05) is 24.3 Å². The zero-order chi connectivity index (χ0) is 27.5. The van der Waals surface area contributed by atoms with Crippen molar-refractivity contribution < 1.29 is 18.7 Å². The van der Waals surface area contributed by atoms with Crippen LogP contribution in [0.2, 0.25) is 15.1 Å². The van der Waals surface area contributed by atoms with Gasteiger partial charge >= 0.3 is 0 Å². The molecule has 1 N–H and O–H groups in total. The lowest BCUT2D eigenvalue weighted by Crippen LogP contribution is -2.48. The van der Waals surface area contributed by atoms with Gasteiger partial charge in [0.25, 0.3) is 11.8 Å². The lowest BCUT2D eigenvalue weighted by Gasteiger charge is -2.36. The number of nitrogens with zero attached hydrogens (tertiary/aromatic N) is 2. The number of halogens is 3. The summed E-state index contributed by atoms with van der Waals surface area (Å²) in [5, 5.41) is 4.33. The summed E-state index contributed by atoms with van der Waals surface area (Å²) in [6, 6.07) is 20.9. The van der Waals surface area contributed by atoms with Crippen LogP contribution in [0.15, 0.2) is 77.2 Å². The molecule has 10 heteroatoms. The molecule has 39 heavy (non-hydrogen) atoms. The largest absolute Gasteiger partial charge is 0.496 e. The van der Waals surface area contributed by atoms with Crippen molar-refractivity contribution in [3.63, 3.8) is 0 Å². The van der Waals surface area contributed by atoms with Crippen LogP contribution >= 0.6 is 34.8 Å². The number of ether oxygens (including phenoxy) is 1. The first-order chi connectivity index (χ1) is 18.8. The first-order valence-corrected chi connectivity index (χ1v) is 13.3. The van der Waals surface area contributed by atoms with Gasteiger partial charge < -0.3 is 24.3 Å². The third-order valence-corrected chi connectivity index (χ3v) is 7.27. The van der Waals surface area contributed by atoms with Crippen molar-refractivity contribution >= 4 is 58.0 Å². The topological polar surface area (TPSA) is 75.0 Å². The molecular formula is C29H24Cl3N3O4. The van der Waals surface area contributed by atoms with Crippen LogP contribution in [0.1, 0.15) is 20.9 Å². The van der Waals surface area contributed by atoms with Gasteiger partial charge in [0.2, 0.25) is 0 Å². The summed E-state index contributed by atoms with van der Waals surface area (Å²) < 4.78 is 11.1. The van der Waals surface area contributed by atoms with Gasteiger partial charge in [-0.1, -0.05) is 34.8 Å². The van der Waals surface area contributed by atoms with Crippen molar-refractivity contribution in [2.24, 2.45) is 0 Å². The standard InChI is InChI=1S/C29H24Cl3N3O4/c1-38-25-9-3-19(31)17-23(25)29(37)35-14-12-34(13-15-35)21-6-4-20(5-7-21)33-28(36)27-11-10-26(39-27)22-16-18(30)2-8-24(22)32/h2-11,16-17H,12-15H2,1H3,(H,33,36). The van der Waals surface area contributed by atoms with Crippen molar-refractivity contribution in [2.75, 3.05) is 43.5 Å². The van der Waals surface area contributed by atoms with Crippen molar-refractivity contribution in [2.45, 2.75) is 0 Å². The Hall–Kier alpha value is -3.65. The fourth-order valence-corrected chi connectivity index (χ4v) is 4.98. The van der Waals surface area contributed by atoms with Crippen LogP contribution in [0.5, 0.6) is 5.75 Å². The molecule has 2 heterocycles. The molecule has 0 saturated carbocycles. The normalized spacial score (nSPS) is 13.3. The summed E-state index contributed by atoms with van der Waals surface area (Å²) in [7, 11) is 1.53. The Balaban J connectivity index is 1.18. The lowest BCUT2D eigenvalue weighted by molar-refractivity contribution is 0.0743. The van der Waals surface area contributed by atoms with Gasteiger partial charge in [-0.2, -0.15) is 0 Å². The highest BCUT2D eigenvalue weighted by molar-refractivity contribution is 6.35. The van der Waals surface area contributed by atoms with Gasteiger partial charge in [-0.15, -0.1) is 0 Å². The Morgan fingerprint density at radius 3 is 2.26 bits per heavy atom. The first-order valence-electron chi connectivity index (χ1n) is 12.2. The minimum Gasteiger partial charge on any atom is -0.496 e. The quantitative estimate of drug-likeness (QED) is 0.261. The Kier molecular flexibility index (Phi) is 8.02. The number of furan rings is 1. The smallest absolute Gasteiger partial charge is 0.291 e. The SMILES string of the molecule is COc1ccc(Cl)cc1C(=O)N1CCN(c2ccc(NC(=O)c3ccc(-c4cc(Cl)ccc4Cl)o3)cc2)CC1. The van der Waals surface area contributed by atoms with Crippen LogP contribution in [-0.4, -0.2) is 50.0 Å². The monoisotopic (exact) mass is 583 g/mol. The first kappa shape index (κ1) is 26.9. The van der Waals surface area contributed by atoms with E-state index in [2.05, 4.69) is 10.2 Å². The zero-order valence-electron chi connectivity index (χ0n) is 20.9. The highest BCUT2D eigenvalue weighted by Gasteiger charge is 2.25. The molecular weight excluding hydrogens is 561 g/mol. The van der Waals surface area contributed by atoms with E-state index in [1.165, 1.54) is 7.11 Å². The molecule has 0 spiro atoms. The fraction of sp³-hybridized carbons (Fsp3) is 0.172. The lowest BCUT2D eigenvalue weighted by atomic mass is 10.1. The fourth-order valence-electron chi connectivity index (χ4n) is 4.42. The highest BCUT2D eigenvalue weighted by Crippen LogP contribution is 2.32. The molecule has 200 valence electrons. The van der Waals surface area contributed by atoms with Gasteiger partial charge in [-0.05, 0) is 72.8 Å². The minimum absolute atomic E-state index is 0.106. The second-order valence-electron chi connectivity index (χ2n) is 8.91. The third kappa shape index (κ3) is 6.01. The van der Waals surface area contributed by atoms with Gasteiger partial charge in [0.05, 0.1) is 17.7 Å². The number of piperazine rings is 1. The molecule has 1 aromatic heterocycles. The molecule has 1 aliphatic heterocycles. The molecule has 0 unspecified atom stereocenters. The van der Waals surface area contributed by atoms with E-state index in [-0.39, 0.29) is 17.6 Å². The molecule has 1 fully saturated rings. The maximum Gasteiger partial charge on any atom is 0.291 e. The number of nitrogens with one attached hydrogen (secondary N) is 1. The number of rotatable bonds is 6. The van der Waals surface area contributed by atoms with E-state index in [0.717, 1.165) is 5.69 Å². The number of carbonyl (C=O) groups excluding carboxylic acids is 2. The molecule has 0 bridgehead atoms. The Morgan fingerprint density at radius 1 is 0.846 bits per heavy atom. The predicted molar refractivity (Wildman–Crippen MR) is 155 cm³/mol. The molecule has 4 aromatic rings. The zero-order valence-corrected chi connectivity index (χ0v) is 23.2. The average molecular weight is 585 g/mol. The molecule has 1 aliphatic rings. The number of carbonyl (C=O) groups is 2. The van der Waals surface area contributed by atoms with Gasteiger partial charge in [0.15, 0.2) is 5.76 Å². The van der Waals surface area contributed by atoms with Gasteiger partial charge in [0.1, 0.15) is 11.5 Å². The van der Waals surface area contributed by atoms with E-state index >= 15 is 0 Å². The summed E-state index contributed by atoms with van der Waals surface area (Å²) in [4.78, 5) is 29.8. The number of hydrogen-bond acceptors (Lipinski definition) is 5. The summed E-state index contributed by atoms with van der Waals surface area (Å²) in [5.74, 6) is 0.627. The van der Waals surface area contributed by atoms with Crippen LogP contribution in [0.3, 0.4) is 0 Å². The van der Waals surface area contributed by atoms with E-state index in [1.54, 1.807) is 53.4 Å². The Bertz CT molecular complexity index is 1510. The molecule has 0 atom stereocenters. The number of anilines is 2. The Morgan fingerprint density at radius 2 is 1.54 bits per heavy atom. The highest BCUT2D eigenvalue weighted by atomic mass is 35.5. The summed E-state index contributed by atoms with van der Waals surface area (Å²) in [6.07, 6.45) is 0. The van der Waals surface area contributed by atoms with E-state index in [4.69, 9.17) is 44.0 Å². The maximum absolute atomic E-state index is 13.1. The van der Waals surface area contributed by atoms with Crippen molar-refractivity contribution in [3.8, 4) is 17.1 Å². The summed E-state index contributed by atoms with van der Waals surface area (Å²) >= 11 is 18.4. The van der Waals surface area contributed by atoms with E-state index in [0.29, 0.717) is 69.6 Å². The number of hydrogen-bond donors (Lipinski definition) is 1. The van der Waals surface area contributed by atoms with Crippen molar-refractivity contribution in [3.05, 3.63) is 99.2 Å². The van der Waals surface area contributed by atoms with Gasteiger partial charge in [-0.3, -0.25) is 9.59 Å². The van der Waals surface area contributed by atoms with E-state index in [9.17, 15) is 9.59 Å². The molecule has 0 aliphatic carbocycles. The molecule has 7 nitrogen and oxygen atoms in total. The molecule has 3 aromatic carbocycles. The van der Waals surface area contributed by atoms with Crippen LogP contribution < -0.4 is 15.0 Å². The van der Waals surface area contributed by atoms with Crippen LogP contribution in [0, 0.1) is 0 Å². The minimum atomic E-state index is -0.379. The van der Waals surface area contributed by atoms with Crippen LogP contribution in [0.25, 0.3) is 11.3 Å². The van der Waals surface area contributed by atoms with Gasteiger partial charge in [0, 0.05) is 53.2 Å². The van der Waals surface area contributed by atoms with Crippen LogP contribution in [-0.2, 0) is 0 Å². The average Bonchev–Trinajstić information content (AvgIpc) is 3.45. The second kappa shape index (κ2) is 11.6. The molecule has 5 rings (SSSR count). The van der Waals surface area contributed by atoms with Crippen molar-refractivity contribution in [1.29, 1.82) is 0 Å². The predicted octanol–water partition coefficient (Wildman–Crippen LogP) is 7.13. The Labute approximate surface area is 240 Å². The van der Waals surface area contributed by atoms with E-state index < -0.39 is 0 Å². The number of benzene rings is 3. The summed E-state index contributed by atoms with van der Waals surface area (Å²) in [5.41, 5.74) is 2.69. The van der Waals surface area contributed by atoms with Gasteiger partial charge in [-0.25, -0.2) is 0 Å². The third-order valence-electron chi connectivity index (χ3n) is 6.47. The van der Waals surface area contributed by atoms with Crippen LogP contribution in [0.4, 0.5) is 11.4 Å². The maximum atomic E-state index is 13.1. The van der Waals surface area contributed by atoms with Crippen molar-refractivity contribution in [1.82, 2.24) is 4.90 Å². The number of amides is 2. The molecule has 2 amide bonds. The number of methoxy groups -OCH3 is 1. The second-order valence-corrected chi connectivity index (χ2v) is 10.2. The summed E-state index contributed by atoms with van der Waals surface area (Å²) in [6.45, 7) is 2.46. The molecule has 0 radical (unpaired) electrons.